The highest BCUT2D eigenvalue weighted by atomic mass is 19.1. The van der Waals surface area contributed by atoms with Crippen LogP contribution in [0.2, 0.25) is 0 Å². The molecule has 3 heterocycles. The Morgan fingerprint density at radius 2 is 2.00 bits per heavy atom. The van der Waals surface area contributed by atoms with Crippen molar-refractivity contribution in [2.24, 2.45) is 5.92 Å². The van der Waals surface area contributed by atoms with Gasteiger partial charge < -0.3 is 9.80 Å². The molecule has 0 amide bonds. The number of halogens is 1. The van der Waals surface area contributed by atoms with Gasteiger partial charge in [0, 0.05) is 18.5 Å². The molecule has 1 aromatic carbocycles. The fraction of sp³-hybridized carbons (Fsp3) is 0.375. The van der Waals surface area contributed by atoms with Crippen molar-refractivity contribution < 1.29 is 4.39 Å². The van der Waals surface area contributed by atoms with E-state index in [9.17, 15) is 0 Å². The summed E-state index contributed by atoms with van der Waals surface area (Å²) in [6, 6.07) is 7.68. The Hall–Kier alpha value is -2.17. The van der Waals surface area contributed by atoms with Gasteiger partial charge in [0.05, 0.1) is 11.9 Å². The first-order valence-electron chi connectivity index (χ1n) is 7.14. The zero-order valence-electron chi connectivity index (χ0n) is 12.3. The van der Waals surface area contributed by atoms with Crippen molar-refractivity contribution in [2.45, 2.75) is 25.7 Å². The third-order valence-corrected chi connectivity index (χ3v) is 4.93. The van der Waals surface area contributed by atoms with Gasteiger partial charge in [-0.25, -0.2) is 14.4 Å². The van der Waals surface area contributed by atoms with Crippen LogP contribution in [0.4, 0.5) is 21.6 Å². The molecule has 108 valence electrons. The van der Waals surface area contributed by atoms with E-state index in [0.717, 1.165) is 22.8 Å². The fourth-order valence-electron chi connectivity index (χ4n) is 3.63. The number of benzene rings is 1. The second-order valence-electron chi connectivity index (χ2n) is 6.01. The quantitative estimate of drug-likeness (QED) is 0.743. The molecular weight excluding hydrogens is 267 g/mol. The maximum Gasteiger partial charge on any atom is 0.161 e. The zero-order valence-corrected chi connectivity index (χ0v) is 12.3. The second kappa shape index (κ2) is 3.93. The number of fused-ring (bicyclic) bond motifs is 5. The predicted octanol–water partition coefficient (Wildman–Crippen LogP) is 3.23. The maximum absolute atomic E-state index is 15.4. The van der Waals surface area contributed by atoms with Crippen LogP contribution in [-0.4, -0.2) is 23.2 Å². The number of rotatable bonds is 0. The van der Waals surface area contributed by atoms with Crippen LogP contribution in [0.25, 0.3) is 0 Å². The lowest BCUT2D eigenvalue weighted by molar-refractivity contribution is 0.0868. The smallest absolute Gasteiger partial charge is 0.161 e. The van der Waals surface area contributed by atoms with Crippen molar-refractivity contribution in [3.63, 3.8) is 0 Å². The van der Waals surface area contributed by atoms with Gasteiger partial charge in [-0.05, 0) is 13.0 Å². The molecule has 4 rings (SSSR count). The van der Waals surface area contributed by atoms with Gasteiger partial charge in [0.25, 0.3) is 0 Å². The van der Waals surface area contributed by atoms with E-state index in [2.05, 4.69) is 19.8 Å². The number of alkyl halides is 1. The van der Waals surface area contributed by atoms with Crippen molar-refractivity contribution in [2.75, 3.05) is 16.8 Å². The Bertz CT molecular complexity index is 715. The van der Waals surface area contributed by atoms with Crippen LogP contribution in [0.15, 0.2) is 36.8 Å². The number of anilines is 3. The van der Waals surface area contributed by atoms with Gasteiger partial charge in [0.2, 0.25) is 0 Å². The van der Waals surface area contributed by atoms with Gasteiger partial charge in [0.1, 0.15) is 23.8 Å². The van der Waals surface area contributed by atoms with E-state index >= 15 is 4.39 Å². The minimum Gasteiger partial charge on any atom is -0.349 e. The van der Waals surface area contributed by atoms with Crippen molar-refractivity contribution in [3.8, 4) is 0 Å². The molecule has 2 aliphatic heterocycles. The Balaban J connectivity index is 2.01. The van der Waals surface area contributed by atoms with Crippen LogP contribution >= 0.6 is 0 Å². The van der Waals surface area contributed by atoms with Crippen molar-refractivity contribution in [1.29, 1.82) is 0 Å². The molecule has 0 fully saturated rings. The topological polar surface area (TPSA) is 32.3 Å². The summed E-state index contributed by atoms with van der Waals surface area (Å²) >= 11 is 0. The summed E-state index contributed by atoms with van der Waals surface area (Å²) in [6.45, 7) is 3.64. The van der Waals surface area contributed by atoms with E-state index in [4.69, 9.17) is 0 Å². The summed E-state index contributed by atoms with van der Waals surface area (Å²) in [7, 11) is 1.98. The number of hydrogen-bond donors (Lipinski definition) is 0. The van der Waals surface area contributed by atoms with Gasteiger partial charge in [-0.15, -0.1) is 0 Å². The predicted molar refractivity (Wildman–Crippen MR) is 80.4 cm³/mol. The van der Waals surface area contributed by atoms with E-state index in [-0.39, 0.29) is 12.1 Å². The van der Waals surface area contributed by atoms with E-state index in [0.29, 0.717) is 0 Å². The van der Waals surface area contributed by atoms with E-state index < -0.39 is 5.67 Å². The largest absolute Gasteiger partial charge is 0.349 e. The molecule has 3 atom stereocenters. The molecule has 0 N–H and O–H groups in total. The van der Waals surface area contributed by atoms with Crippen LogP contribution in [0.3, 0.4) is 0 Å². The first-order valence-corrected chi connectivity index (χ1v) is 7.14. The standard InChI is InChI=1S/C16H17FN4/c1-10-15-20(3)13-8-18-9-19-14(13)21(15)12-7-5-4-6-11(12)16(10,2)17/h4-10,15H,1-3H3. The molecule has 5 heteroatoms. The Morgan fingerprint density at radius 3 is 2.81 bits per heavy atom. The lowest BCUT2D eigenvalue weighted by Crippen LogP contribution is -2.53. The summed E-state index contributed by atoms with van der Waals surface area (Å²) in [6.07, 6.45) is 3.26. The minimum absolute atomic E-state index is 0.0819. The monoisotopic (exact) mass is 284 g/mol. The van der Waals surface area contributed by atoms with Gasteiger partial charge >= 0.3 is 0 Å². The van der Waals surface area contributed by atoms with Gasteiger partial charge in [-0.1, -0.05) is 25.1 Å². The Labute approximate surface area is 123 Å². The van der Waals surface area contributed by atoms with Gasteiger partial charge in [0.15, 0.2) is 5.82 Å². The van der Waals surface area contributed by atoms with Crippen molar-refractivity contribution in [1.82, 2.24) is 9.97 Å². The first-order chi connectivity index (χ1) is 10.0. The van der Waals surface area contributed by atoms with E-state index in [1.165, 1.54) is 0 Å². The van der Waals surface area contributed by atoms with E-state index in [1.54, 1.807) is 19.4 Å². The lowest BCUT2D eigenvalue weighted by atomic mass is 9.79. The third kappa shape index (κ3) is 1.43. The fourth-order valence-corrected chi connectivity index (χ4v) is 3.63. The van der Waals surface area contributed by atoms with Crippen LogP contribution in [-0.2, 0) is 5.67 Å². The maximum atomic E-state index is 15.4. The Kier molecular flexibility index (Phi) is 2.35. The third-order valence-electron chi connectivity index (χ3n) is 4.93. The first kappa shape index (κ1) is 12.6. The van der Waals surface area contributed by atoms with Crippen LogP contribution in [0.5, 0.6) is 0 Å². The number of para-hydroxylation sites is 1. The average molecular weight is 284 g/mol. The van der Waals surface area contributed by atoms with Crippen molar-refractivity contribution in [3.05, 3.63) is 42.4 Å². The number of hydrogen-bond acceptors (Lipinski definition) is 4. The van der Waals surface area contributed by atoms with Crippen LogP contribution in [0.1, 0.15) is 19.4 Å². The normalized spacial score (nSPS) is 29.9. The summed E-state index contributed by atoms with van der Waals surface area (Å²) in [5.41, 5.74) is 1.20. The molecular formula is C16H17FN4. The molecule has 4 nitrogen and oxygen atoms in total. The SMILES string of the molecule is CC1C2N(C)c3cncnc3N2c2ccccc2C1(C)F. The highest BCUT2D eigenvalue weighted by Crippen LogP contribution is 2.54. The molecule has 0 spiro atoms. The molecule has 1 aromatic heterocycles. The number of nitrogens with zero attached hydrogens (tertiary/aromatic N) is 4. The van der Waals surface area contributed by atoms with Crippen LogP contribution < -0.4 is 9.80 Å². The van der Waals surface area contributed by atoms with Crippen LogP contribution in [0, 0.1) is 5.92 Å². The molecule has 0 saturated carbocycles. The Morgan fingerprint density at radius 1 is 1.24 bits per heavy atom. The summed E-state index contributed by atoms with van der Waals surface area (Å²) in [4.78, 5) is 12.7. The summed E-state index contributed by atoms with van der Waals surface area (Å²) in [5.74, 6) is 0.666. The molecule has 0 saturated heterocycles. The van der Waals surface area contributed by atoms with Gasteiger partial charge in [-0.2, -0.15) is 0 Å². The molecule has 0 aliphatic carbocycles. The van der Waals surface area contributed by atoms with E-state index in [1.807, 2.05) is 38.2 Å². The number of aromatic nitrogens is 2. The summed E-state index contributed by atoms with van der Waals surface area (Å²) in [5, 5.41) is 0. The molecule has 2 aliphatic rings. The molecule has 2 aromatic rings. The van der Waals surface area contributed by atoms with Gasteiger partial charge in [-0.3, -0.25) is 0 Å². The summed E-state index contributed by atoms with van der Waals surface area (Å²) < 4.78 is 15.4. The highest BCUT2D eigenvalue weighted by Gasteiger charge is 2.52. The molecule has 0 bridgehead atoms. The lowest BCUT2D eigenvalue weighted by Gasteiger charge is -2.46. The minimum atomic E-state index is -1.37. The zero-order chi connectivity index (χ0) is 14.8. The molecule has 0 radical (unpaired) electrons. The highest BCUT2D eigenvalue weighted by molar-refractivity contribution is 5.82. The molecule has 3 unspecified atom stereocenters. The molecule has 21 heavy (non-hydrogen) atoms. The average Bonchev–Trinajstić information content (AvgIpc) is 2.79. The van der Waals surface area contributed by atoms with Crippen molar-refractivity contribution >= 4 is 17.2 Å². The second-order valence-corrected chi connectivity index (χ2v) is 6.01.